The van der Waals surface area contributed by atoms with Gasteiger partial charge in [-0.2, -0.15) is 0 Å². The van der Waals surface area contributed by atoms with E-state index in [0.29, 0.717) is 12.3 Å². The highest BCUT2D eigenvalue weighted by atomic mass is 16.5. The first kappa shape index (κ1) is 17.5. The second-order valence-electron chi connectivity index (χ2n) is 6.50. The number of hydrogen-bond acceptors (Lipinski definition) is 4. The molecular formula is C19H26N4O2. The molecule has 1 fully saturated rings. The summed E-state index contributed by atoms with van der Waals surface area (Å²) in [6, 6.07) is 8.14. The number of nitrogens with one attached hydrogen (secondary N) is 1. The Bertz CT molecular complexity index is 671. The normalized spacial score (nSPS) is 17.5. The largest absolute Gasteiger partial charge is 0.359 e. The van der Waals surface area contributed by atoms with Crippen LogP contribution in [0.15, 0.2) is 35.0 Å². The van der Waals surface area contributed by atoms with Crippen LogP contribution in [0.25, 0.3) is 0 Å². The smallest absolute Gasteiger partial charge is 0.318 e. The number of nitrogens with zero attached hydrogens (tertiary/aromatic N) is 3. The lowest BCUT2D eigenvalue weighted by atomic mass is 9.97. The van der Waals surface area contributed by atoms with Crippen molar-refractivity contribution in [2.45, 2.75) is 58.0 Å². The molecule has 2 amide bonds. The zero-order valence-corrected chi connectivity index (χ0v) is 14.8. The highest BCUT2D eigenvalue weighted by Crippen LogP contribution is 2.21. The summed E-state index contributed by atoms with van der Waals surface area (Å²) < 4.78 is 5.23. The van der Waals surface area contributed by atoms with Gasteiger partial charge in [-0.15, -0.1) is 0 Å². The Kier molecular flexibility index (Phi) is 6.04. The first-order valence-corrected chi connectivity index (χ1v) is 9.15. The van der Waals surface area contributed by atoms with Gasteiger partial charge in [0.1, 0.15) is 0 Å². The fraction of sp³-hybridized carbons (Fsp3) is 0.526. The van der Waals surface area contributed by atoms with Gasteiger partial charge in [0.25, 0.3) is 0 Å². The Morgan fingerprint density at radius 1 is 1.36 bits per heavy atom. The van der Waals surface area contributed by atoms with Crippen LogP contribution in [-0.4, -0.2) is 33.7 Å². The Morgan fingerprint density at radius 3 is 3.04 bits per heavy atom. The molecule has 2 aromatic rings. The van der Waals surface area contributed by atoms with Crippen molar-refractivity contribution in [3.8, 4) is 0 Å². The summed E-state index contributed by atoms with van der Waals surface area (Å²) in [5.41, 5.74) is 2.00. The van der Waals surface area contributed by atoms with E-state index in [1.165, 1.54) is 6.42 Å². The van der Waals surface area contributed by atoms with Crippen molar-refractivity contribution in [3.63, 3.8) is 0 Å². The van der Waals surface area contributed by atoms with Gasteiger partial charge in [0.05, 0.1) is 12.2 Å². The predicted octanol–water partition coefficient (Wildman–Crippen LogP) is 3.33. The number of piperidine rings is 1. The molecule has 3 rings (SSSR count). The maximum atomic E-state index is 12.6. The van der Waals surface area contributed by atoms with Crippen molar-refractivity contribution in [1.82, 2.24) is 20.4 Å². The van der Waals surface area contributed by atoms with Gasteiger partial charge in [0.15, 0.2) is 5.76 Å². The molecule has 1 N–H and O–H groups in total. The van der Waals surface area contributed by atoms with Crippen LogP contribution < -0.4 is 5.32 Å². The lowest BCUT2D eigenvalue weighted by molar-refractivity contribution is 0.145. The van der Waals surface area contributed by atoms with Crippen LogP contribution in [0.5, 0.6) is 0 Å². The van der Waals surface area contributed by atoms with Crippen LogP contribution in [0, 0.1) is 0 Å². The zero-order chi connectivity index (χ0) is 17.5. The Hall–Kier alpha value is -2.37. The Balaban J connectivity index is 1.53. The van der Waals surface area contributed by atoms with Crippen molar-refractivity contribution < 1.29 is 9.32 Å². The van der Waals surface area contributed by atoms with Crippen LogP contribution in [0.1, 0.15) is 49.8 Å². The van der Waals surface area contributed by atoms with Crippen LogP contribution in [0.4, 0.5) is 4.79 Å². The minimum Gasteiger partial charge on any atom is -0.359 e. The van der Waals surface area contributed by atoms with Crippen LogP contribution in [0.2, 0.25) is 0 Å². The molecule has 1 saturated heterocycles. The molecular weight excluding hydrogens is 316 g/mol. The van der Waals surface area contributed by atoms with Gasteiger partial charge in [0, 0.05) is 30.5 Å². The third kappa shape index (κ3) is 4.81. The number of carbonyl (C=O) groups excluding carboxylic acids is 1. The van der Waals surface area contributed by atoms with E-state index >= 15 is 0 Å². The van der Waals surface area contributed by atoms with E-state index in [9.17, 15) is 4.79 Å². The summed E-state index contributed by atoms with van der Waals surface area (Å²) >= 11 is 0. The van der Waals surface area contributed by atoms with Crippen molar-refractivity contribution in [1.29, 1.82) is 0 Å². The zero-order valence-electron chi connectivity index (χ0n) is 14.8. The summed E-state index contributed by atoms with van der Waals surface area (Å²) in [6.07, 6.45) is 7.81. The molecule has 0 saturated carbocycles. The second-order valence-corrected chi connectivity index (χ2v) is 6.50. The van der Waals surface area contributed by atoms with E-state index in [4.69, 9.17) is 4.52 Å². The number of likely N-dealkylation sites (tertiary alicyclic amines) is 1. The molecule has 25 heavy (non-hydrogen) atoms. The molecule has 6 heteroatoms. The van der Waals surface area contributed by atoms with Gasteiger partial charge in [-0.1, -0.05) is 18.1 Å². The summed E-state index contributed by atoms with van der Waals surface area (Å²) in [4.78, 5) is 19.0. The molecule has 0 unspecified atom stereocenters. The summed E-state index contributed by atoms with van der Waals surface area (Å²) in [5, 5.41) is 6.93. The van der Waals surface area contributed by atoms with Crippen LogP contribution in [0.3, 0.4) is 0 Å². The van der Waals surface area contributed by atoms with Gasteiger partial charge >= 0.3 is 6.03 Å². The summed E-state index contributed by atoms with van der Waals surface area (Å²) in [7, 11) is 0. The van der Waals surface area contributed by atoms with Gasteiger partial charge in [-0.05, 0) is 50.7 Å². The number of aryl methyl sites for hydroxylation is 2. The number of urea groups is 1. The standard InChI is InChI=1S/C19H26N4O2/c1-2-15-13-18(25-22-15)14-21-19(24)23-12-6-4-8-17(23)10-9-16-7-3-5-11-20-16/h3,5,7,11,13,17H,2,4,6,8-10,12,14H2,1H3,(H,21,24)/t17-/m0/s1. The molecule has 3 heterocycles. The van der Waals surface area contributed by atoms with E-state index in [2.05, 4.69) is 15.5 Å². The average Bonchev–Trinajstić information content (AvgIpc) is 3.14. The highest BCUT2D eigenvalue weighted by molar-refractivity contribution is 5.74. The van der Waals surface area contributed by atoms with Gasteiger partial charge in [0.2, 0.25) is 0 Å². The van der Waals surface area contributed by atoms with Crippen LogP contribution in [-0.2, 0) is 19.4 Å². The highest BCUT2D eigenvalue weighted by Gasteiger charge is 2.26. The third-order valence-electron chi connectivity index (χ3n) is 4.73. The molecule has 2 aromatic heterocycles. The number of carbonyl (C=O) groups is 1. The SMILES string of the molecule is CCc1cc(CNC(=O)N2CCCC[C@H]2CCc2ccccn2)on1. The van der Waals surface area contributed by atoms with Crippen molar-refractivity contribution in [2.75, 3.05) is 6.54 Å². The monoisotopic (exact) mass is 342 g/mol. The fourth-order valence-corrected chi connectivity index (χ4v) is 3.30. The van der Waals surface area contributed by atoms with Gasteiger partial charge in [-0.25, -0.2) is 4.79 Å². The third-order valence-corrected chi connectivity index (χ3v) is 4.73. The minimum atomic E-state index is -0.0137. The average molecular weight is 342 g/mol. The molecule has 0 spiro atoms. The first-order valence-electron chi connectivity index (χ1n) is 9.15. The van der Waals surface area contributed by atoms with E-state index in [0.717, 1.165) is 50.0 Å². The molecule has 1 aliphatic rings. The molecule has 134 valence electrons. The van der Waals surface area contributed by atoms with Gasteiger partial charge < -0.3 is 14.7 Å². The molecule has 0 aromatic carbocycles. The van der Waals surface area contributed by atoms with E-state index < -0.39 is 0 Å². The summed E-state index contributed by atoms with van der Waals surface area (Å²) in [6.45, 7) is 3.23. The minimum absolute atomic E-state index is 0.0137. The second kappa shape index (κ2) is 8.65. The fourth-order valence-electron chi connectivity index (χ4n) is 3.30. The first-order chi connectivity index (χ1) is 12.3. The number of aromatic nitrogens is 2. The number of hydrogen-bond donors (Lipinski definition) is 1. The topological polar surface area (TPSA) is 71.3 Å². The number of rotatable bonds is 6. The van der Waals surface area contributed by atoms with E-state index in [-0.39, 0.29) is 12.1 Å². The van der Waals surface area contributed by atoms with Gasteiger partial charge in [-0.3, -0.25) is 4.98 Å². The van der Waals surface area contributed by atoms with Crippen LogP contribution >= 0.6 is 0 Å². The van der Waals surface area contributed by atoms with Crippen molar-refractivity contribution >= 4 is 6.03 Å². The summed E-state index contributed by atoms with van der Waals surface area (Å²) in [5.74, 6) is 0.701. The molecule has 0 bridgehead atoms. The number of amides is 2. The number of pyridine rings is 1. The molecule has 0 radical (unpaired) electrons. The van der Waals surface area contributed by atoms with Crippen molar-refractivity contribution in [2.24, 2.45) is 0 Å². The molecule has 0 aliphatic carbocycles. The Morgan fingerprint density at radius 2 is 2.28 bits per heavy atom. The quantitative estimate of drug-likeness (QED) is 0.874. The van der Waals surface area contributed by atoms with E-state index in [1.807, 2.05) is 42.3 Å². The maximum Gasteiger partial charge on any atom is 0.318 e. The lowest BCUT2D eigenvalue weighted by Gasteiger charge is -2.35. The Labute approximate surface area is 148 Å². The maximum absolute atomic E-state index is 12.6. The molecule has 6 nitrogen and oxygen atoms in total. The lowest BCUT2D eigenvalue weighted by Crippen LogP contribution is -2.48. The van der Waals surface area contributed by atoms with Crippen molar-refractivity contribution in [3.05, 3.63) is 47.6 Å². The molecule has 1 atom stereocenters. The van der Waals surface area contributed by atoms with E-state index in [1.54, 1.807) is 0 Å². The predicted molar refractivity (Wildman–Crippen MR) is 95.0 cm³/mol. The molecule has 1 aliphatic heterocycles.